The van der Waals surface area contributed by atoms with Crippen molar-refractivity contribution in [1.82, 2.24) is 5.32 Å². The molecule has 1 heterocycles. The smallest absolute Gasteiger partial charge is 0.132 e. The van der Waals surface area contributed by atoms with Gasteiger partial charge in [0.1, 0.15) is 6.23 Å². The monoisotopic (exact) mass is 187 g/mol. The standard InChI is InChI=1S/C10H21NO2/c1-4-5-12-7-10-11-6-9(13-10)8(2)3/h8-11H,4-7H2,1-3H3. The van der Waals surface area contributed by atoms with E-state index in [4.69, 9.17) is 9.47 Å². The van der Waals surface area contributed by atoms with E-state index in [1.807, 2.05) is 0 Å². The first-order valence-electron chi connectivity index (χ1n) is 5.20. The molecule has 2 atom stereocenters. The van der Waals surface area contributed by atoms with Crippen molar-refractivity contribution in [3.05, 3.63) is 0 Å². The third-order valence-corrected chi connectivity index (χ3v) is 2.25. The summed E-state index contributed by atoms with van der Waals surface area (Å²) in [5, 5.41) is 3.30. The predicted octanol–water partition coefficient (Wildman–Crippen LogP) is 1.38. The number of rotatable bonds is 5. The van der Waals surface area contributed by atoms with Crippen LogP contribution >= 0.6 is 0 Å². The van der Waals surface area contributed by atoms with Crippen molar-refractivity contribution >= 4 is 0 Å². The average molecular weight is 187 g/mol. The van der Waals surface area contributed by atoms with Gasteiger partial charge in [-0.1, -0.05) is 20.8 Å². The van der Waals surface area contributed by atoms with Crippen molar-refractivity contribution < 1.29 is 9.47 Å². The summed E-state index contributed by atoms with van der Waals surface area (Å²) in [7, 11) is 0. The highest BCUT2D eigenvalue weighted by Gasteiger charge is 2.26. The lowest BCUT2D eigenvalue weighted by Gasteiger charge is -2.15. The van der Waals surface area contributed by atoms with Crippen LogP contribution in [0.1, 0.15) is 27.2 Å². The van der Waals surface area contributed by atoms with Gasteiger partial charge in [0, 0.05) is 13.2 Å². The SMILES string of the molecule is CCCOCC1NCC(C(C)C)O1. The van der Waals surface area contributed by atoms with Gasteiger partial charge in [-0.05, 0) is 12.3 Å². The van der Waals surface area contributed by atoms with Crippen molar-refractivity contribution in [2.45, 2.75) is 39.5 Å². The highest BCUT2D eigenvalue weighted by atomic mass is 16.6. The second-order valence-electron chi connectivity index (χ2n) is 3.89. The molecule has 13 heavy (non-hydrogen) atoms. The zero-order chi connectivity index (χ0) is 9.68. The highest BCUT2D eigenvalue weighted by molar-refractivity contribution is 4.75. The molecule has 0 amide bonds. The van der Waals surface area contributed by atoms with Gasteiger partial charge in [0.05, 0.1) is 12.7 Å². The van der Waals surface area contributed by atoms with E-state index in [1.54, 1.807) is 0 Å². The molecular formula is C10H21NO2. The minimum atomic E-state index is 0.110. The van der Waals surface area contributed by atoms with E-state index in [2.05, 4.69) is 26.1 Å². The molecule has 0 bridgehead atoms. The number of hydrogen-bond acceptors (Lipinski definition) is 3. The van der Waals surface area contributed by atoms with Gasteiger partial charge in [0.25, 0.3) is 0 Å². The molecular weight excluding hydrogens is 166 g/mol. The van der Waals surface area contributed by atoms with Crippen LogP contribution < -0.4 is 5.32 Å². The zero-order valence-corrected chi connectivity index (χ0v) is 8.88. The van der Waals surface area contributed by atoms with Crippen molar-refractivity contribution in [2.24, 2.45) is 5.92 Å². The van der Waals surface area contributed by atoms with E-state index in [0.29, 0.717) is 18.6 Å². The van der Waals surface area contributed by atoms with Crippen LogP contribution in [-0.4, -0.2) is 32.1 Å². The molecule has 1 fully saturated rings. The van der Waals surface area contributed by atoms with Gasteiger partial charge < -0.3 is 9.47 Å². The van der Waals surface area contributed by atoms with E-state index in [-0.39, 0.29) is 6.23 Å². The summed E-state index contributed by atoms with van der Waals surface area (Å²) in [5.74, 6) is 0.587. The van der Waals surface area contributed by atoms with Crippen LogP contribution in [0, 0.1) is 5.92 Å². The fourth-order valence-electron chi connectivity index (χ4n) is 1.38. The van der Waals surface area contributed by atoms with E-state index >= 15 is 0 Å². The first-order valence-corrected chi connectivity index (χ1v) is 5.20. The second-order valence-corrected chi connectivity index (χ2v) is 3.89. The van der Waals surface area contributed by atoms with Crippen molar-refractivity contribution in [3.8, 4) is 0 Å². The minimum absolute atomic E-state index is 0.110. The maximum absolute atomic E-state index is 5.73. The van der Waals surface area contributed by atoms with Crippen LogP contribution in [0.5, 0.6) is 0 Å². The molecule has 1 N–H and O–H groups in total. The van der Waals surface area contributed by atoms with Gasteiger partial charge in [0.2, 0.25) is 0 Å². The topological polar surface area (TPSA) is 30.5 Å². The Balaban J connectivity index is 2.10. The Bertz CT molecular complexity index is 139. The van der Waals surface area contributed by atoms with E-state index in [9.17, 15) is 0 Å². The molecule has 0 aromatic rings. The van der Waals surface area contributed by atoms with Crippen LogP contribution in [0.2, 0.25) is 0 Å². The molecule has 2 unspecified atom stereocenters. The Morgan fingerprint density at radius 2 is 2.31 bits per heavy atom. The quantitative estimate of drug-likeness (QED) is 0.660. The van der Waals surface area contributed by atoms with Gasteiger partial charge in [-0.25, -0.2) is 0 Å². The highest BCUT2D eigenvalue weighted by Crippen LogP contribution is 2.13. The third kappa shape index (κ3) is 3.63. The predicted molar refractivity (Wildman–Crippen MR) is 52.6 cm³/mol. The Kier molecular flexibility index (Phi) is 4.70. The summed E-state index contributed by atoms with van der Waals surface area (Å²) >= 11 is 0. The molecule has 3 heteroatoms. The van der Waals surface area contributed by atoms with Gasteiger partial charge >= 0.3 is 0 Å². The van der Waals surface area contributed by atoms with E-state index < -0.39 is 0 Å². The Labute approximate surface area is 80.8 Å². The largest absolute Gasteiger partial charge is 0.377 e. The van der Waals surface area contributed by atoms with Crippen LogP contribution in [0.15, 0.2) is 0 Å². The summed E-state index contributed by atoms with van der Waals surface area (Å²) in [6.45, 7) is 8.94. The summed E-state index contributed by atoms with van der Waals surface area (Å²) in [4.78, 5) is 0. The maximum atomic E-state index is 5.73. The van der Waals surface area contributed by atoms with Crippen LogP contribution in [0.3, 0.4) is 0 Å². The molecule has 0 radical (unpaired) electrons. The second kappa shape index (κ2) is 5.58. The first kappa shape index (κ1) is 11.0. The Morgan fingerprint density at radius 1 is 1.54 bits per heavy atom. The van der Waals surface area contributed by atoms with Crippen molar-refractivity contribution in [1.29, 1.82) is 0 Å². The molecule has 0 saturated carbocycles. The third-order valence-electron chi connectivity index (χ3n) is 2.25. The summed E-state index contributed by atoms with van der Waals surface area (Å²) in [6.07, 6.45) is 1.54. The van der Waals surface area contributed by atoms with Crippen LogP contribution in [-0.2, 0) is 9.47 Å². The van der Waals surface area contributed by atoms with Crippen LogP contribution in [0.4, 0.5) is 0 Å². The fraction of sp³-hybridized carbons (Fsp3) is 1.00. The summed E-state index contributed by atoms with van der Waals surface area (Å²) < 4.78 is 11.1. The van der Waals surface area contributed by atoms with E-state index in [0.717, 1.165) is 19.6 Å². The summed E-state index contributed by atoms with van der Waals surface area (Å²) in [6, 6.07) is 0. The van der Waals surface area contributed by atoms with Crippen molar-refractivity contribution in [3.63, 3.8) is 0 Å². The molecule has 3 nitrogen and oxygen atoms in total. The fourth-order valence-corrected chi connectivity index (χ4v) is 1.38. The lowest BCUT2D eigenvalue weighted by atomic mass is 10.1. The first-order chi connectivity index (χ1) is 6.24. The lowest BCUT2D eigenvalue weighted by Crippen LogP contribution is -2.28. The van der Waals surface area contributed by atoms with Gasteiger partial charge in [-0.15, -0.1) is 0 Å². The average Bonchev–Trinajstić information content (AvgIpc) is 2.53. The van der Waals surface area contributed by atoms with Gasteiger partial charge in [0.15, 0.2) is 0 Å². The zero-order valence-electron chi connectivity index (χ0n) is 8.88. The van der Waals surface area contributed by atoms with Crippen LogP contribution in [0.25, 0.3) is 0 Å². The van der Waals surface area contributed by atoms with Crippen molar-refractivity contribution in [2.75, 3.05) is 19.8 Å². The Hall–Kier alpha value is -0.120. The molecule has 78 valence electrons. The number of nitrogens with one attached hydrogen (secondary N) is 1. The maximum Gasteiger partial charge on any atom is 0.132 e. The number of ether oxygens (including phenoxy) is 2. The Morgan fingerprint density at radius 3 is 2.85 bits per heavy atom. The molecule has 0 aromatic carbocycles. The molecule has 0 aliphatic carbocycles. The number of hydrogen-bond donors (Lipinski definition) is 1. The minimum Gasteiger partial charge on any atom is -0.377 e. The molecule has 1 aliphatic rings. The summed E-state index contributed by atoms with van der Waals surface area (Å²) in [5.41, 5.74) is 0. The van der Waals surface area contributed by atoms with E-state index in [1.165, 1.54) is 0 Å². The molecule has 0 aromatic heterocycles. The molecule has 1 rings (SSSR count). The normalized spacial score (nSPS) is 28.6. The molecule has 1 aliphatic heterocycles. The lowest BCUT2D eigenvalue weighted by molar-refractivity contribution is -0.0327. The molecule has 0 spiro atoms. The van der Waals surface area contributed by atoms with Gasteiger partial charge in [-0.2, -0.15) is 0 Å². The van der Waals surface area contributed by atoms with Gasteiger partial charge in [-0.3, -0.25) is 5.32 Å². The molecule has 1 saturated heterocycles.